The van der Waals surface area contributed by atoms with Crippen molar-refractivity contribution in [3.63, 3.8) is 0 Å². The van der Waals surface area contributed by atoms with Crippen molar-refractivity contribution in [2.45, 2.75) is 26.2 Å². The Balaban J connectivity index is 1.74. The lowest BCUT2D eigenvalue weighted by atomic mass is 9.96. The van der Waals surface area contributed by atoms with Crippen LogP contribution in [0.25, 0.3) is 5.69 Å². The molecule has 2 aromatic rings. The van der Waals surface area contributed by atoms with Crippen LogP contribution in [0.2, 0.25) is 0 Å². The van der Waals surface area contributed by atoms with Crippen LogP contribution < -0.4 is 5.32 Å². The van der Waals surface area contributed by atoms with Crippen molar-refractivity contribution in [1.82, 2.24) is 14.7 Å². The summed E-state index contributed by atoms with van der Waals surface area (Å²) in [4.78, 5) is 14.5. The third kappa shape index (κ3) is 3.13. The van der Waals surface area contributed by atoms with Crippen LogP contribution in [0.15, 0.2) is 42.7 Å². The Bertz CT molecular complexity index is 623. The first kappa shape index (κ1) is 14.6. The minimum absolute atomic E-state index is 0.0160. The van der Waals surface area contributed by atoms with E-state index in [9.17, 15) is 4.79 Å². The Morgan fingerprint density at radius 3 is 3.00 bits per heavy atom. The molecular formula is C17H22N4O. The van der Waals surface area contributed by atoms with Gasteiger partial charge in [-0.05, 0) is 37.0 Å². The fraction of sp³-hybridized carbons (Fsp3) is 0.412. The summed E-state index contributed by atoms with van der Waals surface area (Å²) in [5, 5.41) is 7.28. The Morgan fingerprint density at radius 1 is 1.36 bits per heavy atom. The maximum atomic E-state index is 12.5. The van der Waals surface area contributed by atoms with Crippen LogP contribution in [0.3, 0.4) is 0 Å². The average molecular weight is 298 g/mol. The maximum Gasteiger partial charge on any atom is 0.321 e. The highest BCUT2D eigenvalue weighted by Gasteiger charge is 2.23. The number of para-hydroxylation sites is 2. The number of hydrogen-bond donors (Lipinski definition) is 1. The van der Waals surface area contributed by atoms with Crippen molar-refractivity contribution in [2.24, 2.45) is 5.92 Å². The maximum absolute atomic E-state index is 12.5. The minimum Gasteiger partial charge on any atom is -0.324 e. The zero-order chi connectivity index (χ0) is 15.4. The number of benzene rings is 1. The predicted octanol–water partition coefficient (Wildman–Crippen LogP) is 3.53. The smallest absolute Gasteiger partial charge is 0.321 e. The van der Waals surface area contributed by atoms with Gasteiger partial charge in [0.15, 0.2) is 0 Å². The van der Waals surface area contributed by atoms with Crippen molar-refractivity contribution in [3.05, 3.63) is 42.7 Å². The van der Waals surface area contributed by atoms with Crippen LogP contribution in [0.5, 0.6) is 0 Å². The molecule has 22 heavy (non-hydrogen) atoms. The third-order valence-corrected chi connectivity index (χ3v) is 4.28. The molecule has 0 spiro atoms. The van der Waals surface area contributed by atoms with Crippen LogP contribution in [-0.2, 0) is 0 Å². The fourth-order valence-corrected chi connectivity index (χ4v) is 2.97. The van der Waals surface area contributed by atoms with Gasteiger partial charge in [0.2, 0.25) is 0 Å². The van der Waals surface area contributed by atoms with Gasteiger partial charge in [0.05, 0.1) is 11.4 Å². The molecule has 1 fully saturated rings. The van der Waals surface area contributed by atoms with Crippen molar-refractivity contribution in [2.75, 3.05) is 18.4 Å². The molecule has 0 saturated carbocycles. The molecular weight excluding hydrogens is 276 g/mol. The third-order valence-electron chi connectivity index (χ3n) is 4.28. The number of amides is 2. The number of nitrogens with zero attached hydrogens (tertiary/aromatic N) is 3. The molecule has 1 aliphatic rings. The summed E-state index contributed by atoms with van der Waals surface area (Å²) in [6.45, 7) is 3.89. The lowest BCUT2D eigenvalue weighted by Gasteiger charge is -2.32. The lowest BCUT2D eigenvalue weighted by molar-refractivity contribution is 0.176. The van der Waals surface area contributed by atoms with E-state index >= 15 is 0 Å². The second-order valence-corrected chi connectivity index (χ2v) is 5.76. The van der Waals surface area contributed by atoms with Crippen molar-refractivity contribution < 1.29 is 4.79 Å². The van der Waals surface area contributed by atoms with E-state index in [0.717, 1.165) is 37.3 Å². The monoisotopic (exact) mass is 298 g/mol. The van der Waals surface area contributed by atoms with Gasteiger partial charge in [-0.15, -0.1) is 0 Å². The molecule has 116 valence electrons. The summed E-state index contributed by atoms with van der Waals surface area (Å²) < 4.78 is 1.76. The highest BCUT2D eigenvalue weighted by Crippen LogP contribution is 2.22. The van der Waals surface area contributed by atoms with Gasteiger partial charge in [0.25, 0.3) is 0 Å². The van der Waals surface area contributed by atoms with E-state index in [1.165, 1.54) is 6.42 Å². The van der Waals surface area contributed by atoms with Crippen molar-refractivity contribution in [1.29, 1.82) is 0 Å². The number of carbonyl (C=O) groups excluding carboxylic acids is 1. The van der Waals surface area contributed by atoms with Gasteiger partial charge in [0, 0.05) is 25.5 Å². The summed E-state index contributed by atoms with van der Waals surface area (Å²) in [5.74, 6) is 0.626. The van der Waals surface area contributed by atoms with Crippen LogP contribution in [0.1, 0.15) is 26.2 Å². The van der Waals surface area contributed by atoms with E-state index < -0.39 is 0 Å². The zero-order valence-electron chi connectivity index (χ0n) is 12.9. The fourth-order valence-electron chi connectivity index (χ4n) is 2.97. The van der Waals surface area contributed by atoms with E-state index in [1.807, 2.05) is 41.4 Å². The standard InChI is InChI=1S/C17H22N4O/c1-2-14-7-5-11-20(13-14)17(22)19-15-8-3-4-9-16(15)21-12-6-10-18-21/h3-4,6,8-10,12,14H,2,5,7,11,13H2,1H3,(H,19,22)/t14-/m0/s1. The molecule has 5 nitrogen and oxygen atoms in total. The highest BCUT2D eigenvalue weighted by molar-refractivity contribution is 5.91. The van der Waals surface area contributed by atoms with E-state index in [1.54, 1.807) is 10.9 Å². The number of anilines is 1. The minimum atomic E-state index is -0.0160. The number of nitrogens with one attached hydrogen (secondary N) is 1. The molecule has 1 N–H and O–H groups in total. The summed E-state index contributed by atoms with van der Waals surface area (Å²) >= 11 is 0. The molecule has 0 bridgehead atoms. The SMILES string of the molecule is CC[C@H]1CCCN(C(=O)Nc2ccccc2-n2cccn2)C1. The Hall–Kier alpha value is -2.30. The van der Waals surface area contributed by atoms with Gasteiger partial charge in [0.1, 0.15) is 0 Å². The van der Waals surface area contributed by atoms with E-state index in [-0.39, 0.29) is 6.03 Å². The molecule has 1 aromatic heterocycles. The number of rotatable bonds is 3. The second kappa shape index (κ2) is 6.64. The molecule has 5 heteroatoms. The predicted molar refractivity (Wildman–Crippen MR) is 87.2 cm³/mol. The number of piperidine rings is 1. The normalized spacial score (nSPS) is 18.2. The van der Waals surface area contributed by atoms with Gasteiger partial charge in [-0.1, -0.05) is 25.5 Å². The molecule has 1 atom stereocenters. The number of likely N-dealkylation sites (tertiary alicyclic amines) is 1. The first-order valence-electron chi connectivity index (χ1n) is 7.93. The summed E-state index contributed by atoms with van der Waals surface area (Å²) in [6, 6.07) is 9.59. The van der Waals surface area contributed by atoms with Crippen molar-refractivity contribution in [3.8, 4) is 5.69 Å². The first-order valence-corrected chi connectivity index (χ1v) is 7.93. The molecule has 2 heterocycles. The largest absolute Gasteiger partial charge is 0.324 e. The van der Waals surface area contributed by atoms with Crippen LogP contribution in [-0.4, -0.2) is 33.8 Å². The Morgan fingerprint density at radius 2 is 2.23 bits per heavy atom. The Kier molecular flexibility index (Phi) is 4.42. The topological polar surface area (TPSA) is 50.2 Å². The quantitative estimate of drug-likeness (QED) is 0.942. The highest BCUT2D eigenvalue weighted by atomic mass is 16.2. The summed E-state index contributed by atoms with van der Waals surface area (Å²) in [7, 11) is 0. The number of hydrogen-bond acceptors (Lipinski definition) is 2. The van der Waals surface area contributed by atoms with Gasteiger partial charge in [-0.3, -0.25) is 0 Å². The average Bonchev–Trinajstić information content (AvgIpc) is 3.09. The molecule has 1 aliphatic heterocycles. The number of aromatic nitrogens is 2. The Labute approximate surface area is 130 Å². The molecule has 3 rings (SSSR count). The molecule has 0 unspecified atom stereocenters. The van der Waals surface area contributed by atoms with Gasteiger partial charge in [-0.25, -0.2) is 9.48 Å². The van der Waals surface area contributed by atoms with Crippen LogP contribution in [0, 0.1) is 5.92 Å². The summed E-state index contributed by atoms with van der Waals surface area (Å²) in [5.41, 5.74) is 1.67. The molecule has 1 aromatic carbocycles. The number of carbonyl (C=O) groups is 1. The first-order chi connectivity index (χ1) is 10.8. The van der Waals surface area contributed by atoms with Crippen molar-refractivity contribution >= 4 is 11.7 Å². The molecule has 0 radical (unpaired) electrons. The molecule has 2 amide bonds. The summed E-state index contributed by atoms with van der Waals surface area (Å²) in [6.07, 6.45) is 7.05. The van der Waals surface area contributed by atoms with E-state index in [4.69, 9.17) is 0 Å². The van der Waals surface area contributed by atoms with Gasteiger partial charge < -0.3 is 10.2 Å². The second-order valence-electron chi connectivity index (χ2n) is 5.76. The zero-order valence-corrected chi connectivity index (χ0v) is 12.9. The van der Waals surface area contributed by atoms with E-state index in [2.05, 4.69) is 17.3 Å². The number of urea groups is 1. The van der Waals surface area contributed by atoms with E-state index in [0.29, 0.717) is 5.92 Å². The van der Waals surface area contributed by atoms with Crippen LogP contribution in [0.4, 0.5) is 10.5 Å². The lowest BCUT2D eigenvalue weighted by Crippen LogP contribution is -2.42. The molecule has 1 saturated heterocycles. The molecule has 0 aliphatic carbocycles. The van der Waals surface area contributed by atoms with Gasteiger partial charge >= 0.3 is 6.03 Å². The van der Waals surface area contributed by atoms with Crippen LogP contribution >= 0.6 is 0 Å². The van der Waals surface area contributed by atoms with Gasteiger partial charge in [-0.2, -0.15) is 5.10 Å².